The summed E-state index contributed by atoms with van der Waals surface area (Å²) in [7, 11) is 1.73. The molecule has 0 N–H and O–H groups in total. The van der Waals surface area contributed by atoms with Crippen LogP contribution in [0.15, 0.2) is 24.3 Å². The van der Waals surface area contributed by atoms with Crippen LogP contribution in [0.25, 0.3) is 0 Å². The van der Waals surface area contributed by atoms with Gasteiger partial charge in [-0.3, -0.25) is 0 Å². The minimum Gasteiger partial charge on any atom is -0.493 e. The van der Waals surface area contributed by atoms with Crippen LogP contribution in [-0.4, -0.2) is 82.5 Å². The van der Waals surface area contributed by atoms with E-state index in [0.29, 0.717) is 24.6 Å². The number of methoxy groups -OCH3 is 1. The normalized spacial score (nSPS) is 17.4. The van der Waals surface area contributed by atoms with Gasteiger partial charge in [0.1, 0.15) is 6.61 Å². The second-order valence-electron chi connectivity index (χ2n) is 5.53. The van der Waals surface area contributed by atoms with E-state index in [4.69, 9.17) is 9.47 Å². The zero-order valence-electron chi connectivity index (χ0n) is 13.9. The number of nitrogens with zero attached hydrogens (tertiary/aromatic N) is 3. The van der Waals surface area contributed by atoms with Gasteiger partial charge in [-0.25, -0.2) is 0 Å². The van der Waals surface area contributed by atoms with E-state index < -0.39 is 10.2 Å². The van der Waals surface area contributed by atoms with Gasteiger partial charge in [0.15, 0.2) is 11.5 Å². The van der Waals surface area contributed by atoms with Crippen LogP contribution in [0.2, 0.25) is 0 Å². The van der Waals surface area contributed by atoms with Crippen LogP contribution in [0.5, 0.6) is 11.5 Å². The third kappa shape index (κ3) is 4.57. The SMILES string of the molecule is COc1ccccc1OCCN(C)S(=O)(=O)N1CCN(C)CC1. The van der Waals surface area contributed by atoms with Crippen LogP contribution >= 0.6 is 0 Å². The van der Waals surface area contributed by atoms with Crippen LogP contribution in [-0.2, 0) is 10.2 Å². The van der Waals surface area contributed by atoms with Gasteiger partial charge in [0, 0.05) is 39.8 Å². The van der Waals surface area contributed by atoms with Crippen LogP contribution in [0.3, 0.4) is 0 Å². The number of hydrogen-bond acceptors (Lipinski definition) is 5. The zero-order chi connectivity index (χ0) is 16.9. The maximum atomic E-state index is 12.5. The number of para-hydroxylation sites is 2. The Hall–Kier alpha value is -1.35. The second-order valence-corrected chi connectivity index (χ2v) is 7.57. The molecule has 23 heavy (non-hydrogen) atoms. The van der Waals surface area contributed by atoms with E-state index in [0.717, 1.165) is 13.1 Å². The van der Waals surface area contributed by atoms with Crippen molar-refractivity contribution in [1.82, 2.24) is 13.5 Å². The second kappa shape index (κ2) is 7.96. The lowest BCUT2D eigenvalue weighted by atomic mass is 10.3. The van der Waals surface area contributed by atoms with E-state index in [1.807, 2.05) is 19.2 Å². The van der Waals surface area contributed by atoms with Gasteiger partial charge in [-0.15, -0.1) is 0 Å². The summed E-state index contributed by atoms with van der Waals surface area (Å²) >= 11 is 0. The first-order chi connectivity index (χ1) is 10.9. The van der Waals surface area contributed by atoms with Gasteiger partial charge in [0.2, 0.25) is 0 Å². The van der Waals surface area contributed by atoms with Crippen molar-refractivity contribution in [3.8, 4) is 11.5 Å². The molecule has 1 aromatic carbocycles. The van der Waals surface area contributed by atoms with Gasteiger partial charge >= 0.3 is 0 Å². The van der Waals surface area contributed by atoms with Gasteiger partial charge in [-0.05, 0) is 19.2 Å². The summed E-state index contributed by atoms with van der Waals surface area (Å²) in [5.74, 6) is 1.25. The molecule has 0 radical (unpaired) electrons. The average Bonchev–Trinajstić information content (AvgIpc) is 2.55. The fourth-order valence-electron chi connectivity index (χ4n) is 2.35. The lowest BCUT2D eigenvalue weighted by molar-refractivity contribution is 0.209. The Labute approximate surface area is 138 Å². The highest BCUT2D eigenvalue weighted by atomic mass is 32.2. The summed E-state index contributed by atoms with van der Waals surface area (Å²) in [6.07, 6.45) is 0. The first-order valence-corrected chi connectivity index (χ1v) is 9.00. The van der Waals surface area contributed by atoms with Crippen LogP contribution in [0, 0.1) is 0 Å². The molecule has 8 heteroatoms. The fraction of sp³-hybridized carbons (Fsp3) is 0.600. The van der Waals surface area contributed by atoms with Crippen molar-refractivity contribution >= 4 is 10.2 Å². The Morgan fingerprint density at radius 1 is 1.13 bits per heavy atom. The Morgan fingerprint density at radius 2 is 1.74 bits per heavy atom. The molecule has 0 unspecified atom stereocenters. The maximum Gasteiger partial charge on any atom is 0.281 e. The zero-order valence-corrected chi connectivity index (χ0v) is 14.8. The number of ether oxygens (including phenoxy) is 2. The Morgan fingerprint density at radius 3 is 2.35 bits per heavy atom. The topological polar surface area (TPSA) is 62.3 Å². The lowest BCUT2D eigenvalue weighted by Crippen LogP contribution is -2.51. The summed E-state index contributed by atoms with van der Waals surface area (Å²) in [5, 5.41) is 0. The molecule has 1 fully saturated rings. The molecule has 0 bridgehead atoms. The molecule has 0 atom stereocenters. The third-order valence-corrected chi connectivity index (χ3v) is 5.90. The molecule has 1 aromatic rings. The summed E-state index contributed by atoms with van der Waals surface area (Å²) < 4.78 is 38.7. The van der Waals surface area contributed by atoms with E-state index in [1.165, 1.54) is 8.61 Å². The van der Waals surface area contributed by atoms with Crippen molar-refractivity contribution in [3.05, 3.63) is 24.3 Å². The van der Waals surface area contributed by atoms with Crippen LogP contribution in [0.1, 0.15) is 0 Å². The van der Waals surface area contributed by atoms with E-state index in [2.05, 4.69) is 4.90 Å². The van der Waals surface area contributed by atoms with E-state index >= 15 is 0 Å². The molecule has 0 spiro atoms. The summed E-state index contributed by atoms with van der Waals surface area (Å²) in [6.45, 7) is 3.11. The first kappa shape index (κ1) is 18.0. The average molecular weight is 343 g/mol. The number of likely N-dealkylation sites (N-methyl/N-ethyl adjacent to an activating group) is 2. The molecule has 130 valence electrons. The summed E-state index contributed by atoms with van der Waals surface area (Å²) in [4.78, 5) is 2.12. The predicted octanol–water partition coefficient (Wildman–Crippen LogP) is 0.498. The number of piperazine rings is 1. The summed E-state index contributed by atoms with van der Waals surface area (Å²) in [5.41, 5.74) is 0. The summed E-state index contributed by atoms with van der Waals surface area (Å²) in [6, 6.07) is 7.31. The van der Waals surface area contributed by atoms with Crippen molar-refractivity contribution in [2.24, 2.45) is 0 Å². The number of hydrogen-bond donors (Lipinski definition) is 0. The highest BCUT2D eigenvalue weighted by Gasteiger charge is 2.29. The minimum absolute atomic E-state index is 0.268. The largest absolute Gasteiger partial charge is 0.493 e. The molecule has 1 aliphatic heterocycles. The number of benzene rings is 1. The number of rotatable bonds is 7. The third-order valence-electron chi connectivity index (χ3n) is 3.92. The molecule has 0 amide bonds. The molecule has 1 saturated heterocycles. The van der Waals surface area contributed by atoms with E-state index in [-0.39, 0.29) is 13.2 Å². The standard InChI is InChI=1S/C15H25N3O4S/c1-16-8-10-18(11-9-16)23(19,20)17(2)12-13-22-15-7-5-4-6-14(15)21-3/h4-7H,8-13H2,1-3H3. The minimum atomic E-state index is -3.43. The van der Waals surface area contributed by atoms with Crippen molar-refractivity contribution in [3.63, 3.8) is 0 Å². The van der Waals surface area contributed by atoms with E-state index in [9.17, 15) is 8.42 Å². The molecule has 2 rings (SSSR count). The van der Waals surface area contributed by atoms with Crippen molar-refractivity contribution in [2.75, 3.05) is 60.5 Å². The van der Waals surface area contributed by atoms with Gasteiger partial charge in [0.05, 0.1) is 7.11 Å². The van der Waals surface area contributed by atoms with Crippen LogP contribution < -0.4 is 9.47 Å². The van der Waals surface area contributed by atoms with Crippen molar-refractivity contribution in [1.29, 1.82) is 0 Å². The van der Waals surface area contributed by atoms with Gasteiger partial charge in [-0.2, -0.15) is 17.0 Å². The first-order valence-electron chi connectivity index (χ1n) is 7.61. The lowest BCUT2D eigenvalue weighted by Gasteiger charge is -2.34. The quantitative estimate of drug-likeness (QED) is 0.721. The van der Waals surface area contributed by atoms with E-state index in [1.54, 1.807) is 26.3 Å². The molecule has 0 aromatic heterocycles. The molecule has 1 aliphatic rings. The molecule has 7 nitrogen and oxygen atoms in total. The highest BCUT2D eigenvalue weighted by Crippen LogP contribution is 2.25. The van der Waals surface area contributed by atoms with Crippen molar-refractivity contribution < 1.29 is 17.9 Å². The molecular weight excluding hydrogens is 318 g/mol. The Balaban J connectivity index is 1.87. The smallest absolute Gasteiger partial charge is 0.281 e. The highest BCUT2D eigenvalue weighted by molar-refractivity contribution is 7.86. The van der Waals surface area contributed by atoms with Crippen LogP contribution in [0.4, 0.5) is 0 Å². The predicted molar refractivity (Wildman–Crippen MR) is 89.1 cm³/mol. The van der Waals surface area contributed by atoms with Gasteiger partial charge < -0.3 is 14.4 Å². The van der Waals surface area contributed by atoms with Crippen molar-refractivity contribution in [2.45, 2.75) is 0 Å². The molecule has 0 aliphatic carbocycles. The Kier molecular flexibility index (Phi) is 6.23. The molecule has 1 heterocycles. The monoisotopic (exact) mass is 343 g/mol. The molecule has 0 saturated carbocycles. The van der Waals surface area contributed by atoms with Gasteiger partial charge in [-0.1, -0.05) is 12.1 Å². The Bertz CT molecular complexity index is 600. The molecular formula is C15H25N3O4S. The van der Waals surface area contributed by atoms with Gasteiger partial charge in [0.25, 0.3) is 10.2 Å². The fourth-order valence-corrected chi connectivity index (χ4v) is 3.68. The maximum absolute atomic E-state index is 12.5.